The number of carbonyl (C=O) groups is 1. The number of hydrogen-bond donors (Lipinski definition) is 5. The predicted octanol–water partition coefficient (Wildman–Crippen LogP) is 2.25. The quantitative estimate of drug-likeness (QED) is 0.217. The molecule has 0 aromatic heterocycles. The molecular formula is C38H67NO13. The maximum atomic E-state index is 14.2. The summed E-state index contributed by atoms with van der Waals surface area (Å²) in [5, 5.41) is 56.0. The van der Waals surface area contributed by atoms with Crippen LogP contribution >= 0.6 is 0 Å². The summed E-state index contributed by atoms with van der Waals surface area (Å²) in [4.78, 5) is 16.2. The molecule has 0 aliphatic carbocycles. The molecule has 0 aromatic rings. The molecule has 3 fully saturated rings. The molecule has 0 amide bonds. The summed E-state index contributed by atoms with van der Waals surface area (Å²) >= 11 is 0. The van der Waals surface area contributed by atoms with Gasteiger partial charge in [0.2, 0.25) is 0 Å². The molecule has 3 saturated heterocycles. The third-order valence-corrected chi connectivity index (χ3v) is 12.4. The first-order valence-electron chi connectivity index (χ1n) is 19.0. The first-order chi connectivity index (χ1) is 24.1. The number of likely N-dealkylation sites (N-methyl/N-ethyl adjacent to an activating group) is 1. The van der Waals surface area contributed by atoms with Crippen LogP contribution in [0.4, 0.5) is 0 Å². The van der Waals surface area contributed by atoms with Crippen molar-refractivity contribution >= 4 is 5.97 Å². The van der Waals surface area contributed by atoms with Crippen molar-refractivity contribution in [3.63, 3.8) is 0 Å². The van der Waals surface area contributed by atoms with Crippen molar-refractivity contribution in [3.8, 4) is 0 Å². The van der Waals surface area contributed by atoms with E-state index in [-0.39, 0.29) is 25.0 Å². The second-order valence-corrected chi connectivity index (χ2v) is 16.6. The highest BCUT2D eigenvalue weighted by molar-refractivity contribution is 5.73. The maximum Gasteiger partial charge on any atom is 0.311 e. The van der Waals surface area contributed by atoms with Gasteiger partial charge in [-0.1, -0.05) is 20.8 Å². The molecule has 14 heteroatoms. The van der Waals surface area contributed by atoms with Crippen molar-refractivity contribution in [2.75, 3.05) is 27.3 Å². The monoisotopic (exact) mass is 745 g/mol. The molecule has 302 valence electrons. The summed E-state index contributed by atoms with van der Waals surface area (Å²) in [6.07, 6.45) is -8.45. The topological polar surface area (TPSA) is 186 Å². The zero-order valence-electron chi connectivity index (χ0n) is 33.3. The van der Waals surface area contributed by atoms with Crippen LogP contribution in [0.15, 0.2) is 11.3 Å². The Labute approximate surface area is 309 Å². The number of fused-ring (bicyclic) bond motifs is 2. The molecule has 17 atom stereocenters. The summed E-state index contributed by atoms with van der Waals surface area (Å²) in [6.45, 7) is 18.2. The minimum atomic E-state index is -1.98. The predicted molar refractivity (Wildman–Crippen MR) is 190 cm³/mol. The number of nitrogens with zero attached hydrogens (tertiary/aromatic N) is 1. The summed E-state index contributed by atoms with van der Waals surface area (Å²) in [6, 6.07) is -0.242. The highest BCUT2D eigenvalue weighted by Crippen LogP contribution is 2.47. The molecule has 52 heavy (non-hydrogen) atoms. The van der Waals surface area contributed by atoms with Crippen molar-refractivity contribution in [1.82, 2.24) is 4.90 Å². The molecule has 0 spiro atoms. The Kier molecular flexibility index (Phi) is 13.9. The Morgan fingerprint density at radius 3 is 2.23 bits per heavy atom. The summed E-state index contributed by atoms with van der Waals surface area (Å²) in [7, 11) is 3.46. The van der Waals surface area contributed by atoms with Crippen molar-refractivity contribution in [2.24, 2.45) is 17.8 Å². The number of carbonyl (C=O) groups excluding carboxylic acids is 1. The molecule has 4 rings (SSSR count). The van der Waals surface area contributed by atoms with E-state index in [9.17, 15) is 30.3 Å². The van der Waals surface area contributed by atoms with Crippen molar-refractivity contribution < 1.29 is 63.5 Å². The Balaban J connectivity index is 1.85. The number of hydrogen-bond acceptors (Lipinski definition) is 14. The van der Waals surface area contributed by atoms with Gasteiger partial charge in [-0.3, -0.25) is 4.79 Å². The van der Waals surface area contributed by atoms with Crippen molar-refractivity contribution in [2.45, 2.75) is 179 Å². The molecule has 0 aromatic carbocycles. The van der Waals surface area contributed by atoms with Gasteiger partial charge in [-0.25, -0.2) is 0 Å². The lowest BCUT2D eigenvalue weighted by molar-refractivity contribution is -0.317. The molecule has 0 radical (unpaired) electrons. The van der Waals surface area contributed by atoms with Crippen LogP contribution in [0, 0.1) is 17.8 Å². The van der Waals surface area contributed by atoms with E-state index in [0.29, 0.717) is 25.1 Å². The summed E-state index contributed by atoms with van der Waals surface area (Å²) < 4.78 is 44.6. The molecule has 5 N–H and O–H groups in total. The van der Waals surface area contributed by atoms with Crippen molar-refractivity contribution in [3.05, 3.63) is 11.3 Å². The number of aliphatic hydroxyl groups excluding tert-OH is 4. The largest absolute Gasteiger partial charge is 0.489 e. The fourth-order valence-corrected chi connectivity index (χ4v) is 8.86. The molecule has 4 unspecified atom stereocenters. The van der Waals surface area contributed by atoms with Gasteiger partial charge < -0.3 is 63.6 Å². The standard InChI is InChI=1S/C38H67NO13/c1-13-39(11)25-16-20(3)47-35(28(25)41)51-33-22(5)30(50-27-18-36(8,46-12)32(43)24(7)48-27)23(6)34(44)49-26(14-15-40)38(10,45)31(42)21(4)29-19(2)17-37(33,9)52-29/h20-28,30-33,35,40-43,45H,13-18H2,1-12H3/t20-,21-,22?,23?,24+,25+,26+,27-,28-,30?,31-,32+,33?,35+,36-,37-,38-/m1/s1. The number of aliphatic hydroxyl groups is 5. The average molecular weight is 746 g/mol. The summed E-state index contributed by atoms with van der Waals surface area (Å²) in [5.41, 5.74) is -3.27. The van der Waals surface area contributed by atoms with Gasteiger partial charge in [-0.05, 0) is 74.1 Å². The molecule has 4 heterocycles. The van der Waals surface area contributed by atoms with Gasteiger partial charge >= 0.3 is 5.97 Å². The Morgan fingerprint density at radius 2 is 1.63 bits per heavy atom. The second-order valence-electron chi connectivity index (χ2n) is 16.6. The average Bonchev–Trinajstić information content (AvgIpc) is 3.41. The zero-order chi connectivity index (χ0) is 39.1. The number of cyclic esters (lactones) is 1. The lowest BCUT2D eigenvalue weighted by Gasteiger charge is -2.48. The van der Waals surface area contributed by atoms with E-state index in [4.69, 9.17) is 33.2 Å². The van der Waals surface area contributed by atoms with Crippen LogP contribution in [0.25, 0.3) is 0 Å². The lowest BCUT2D eigenvalue weighted by atomic mass is 9.78. The van der Waals surface area contributed by atoms with Crippen LogP contribution in [0.2, 0.25) is 0 Å². The molecule has 0 saturated carbocycles. The van der Waals surface area contributed by atoms with E-state index in [1.165, 1.54) is 14.0 Å². The second kappa shape index (κ2) is 16.7. The molecule has 4 aliphatic rings. The number of ether oxygens (including phenoxy) is 7. The fraction of sp³-hybridized carbons (Fsp3) is 0.921. The van der Waals surface area contributed by atoms with E-state index in [1.807, 2.05) is 41.7 Å². The number of rotatable bonds is 9. The van der Waals surface area contributed by atoms with Gasteiger partial charge in [0, 0.05) is 50.9 Å². The van der Waals surface area contributed by atoms with Gasteiger partial charge in [-0.15, -0.1) is 0 Å². The molecular weight excluding hydrogens is 678 g/mol. The maximum absolute atomic E-state index is 14.2. The van der Waals surface area contributed by atoms with E-state index in [2.05, 4.69) is 4.90 Å². The third kappa shape index (κ3) is 8.52. The Morgan fingerprint density at radius 1 is 0.981 bits per heavy atom. The lowest BCUT2D eigenvalue weighted by Crippen LogP contribution is -2.60. The van der Waals surface area contributed by atoms with Gasteiger partial charge in [0.25, 0.3) is 0 Å². The Bertz CT molecular complexity index is 1250. The first-order valence-corrected chi connectivity index (χ1v) is 19.0. The van der Waals surface area contributed by atoms with Gasteiger partial charge in [0.1, 0.15) is 41.4 Å². The minimum absolute atomic E-state index is 0.131. The normalized spacial score (nSPS) is 48.1. The van der Waals surface area contributed by atoms with Crippen molar-refractivity contribution in [1.29, 1.82) is 0 Å². The minimum Gasteiger partial charge on any atom is -0.489 e. The van der Waals surface area contributed by atoms with Gasteiger partial charge in [0.05, 0.1) is 35.9 Å². The molecule has 2 bridgehead atoms. The first kappa shape index (κ1) is 43.3. The van der Waals surface area contributed by atoms with Gasteiger partial charge in [0.15, 0.2) is 12.6 Å². The van der Waals surface area contributed by atoms with Crippen LogP contribution in [-0.2, 0) is 38.0 Å². The van der Waals surface area contributed by atoms with E-state index >= 15 is 0 Å². The van der Waals surface area contributed by atoms with Gasteiger partial charge in [-0.2, -0.15) is 0 Å². The molecule has 4 aliphatic heterocycles. The number of methoxy groups -OCH3 is 1. The summed E-state index contributed by atoms with van der Waals surface area (Å²) in [5.74, 6) is -2.68. The smallest absolute Gasteiger partial charge is 0.311 e. The highest BCUT2D eigenvalue weighted by Gasteiger charge is 2.56. The van der Waals surface area contributed by atoms with Crippen LogP contribution in [-0.4, -0.2) is 148 Å². The molecule has 14 nitrogen and oxygen atoms in total. The van der Waals surface area contributed by atoms with E-state index in [1.54, 1.807) is 27.7 Å². The fourth-order valence-electron chi connectivity index (χ4n) is 8.86. The SMILES string of the molecule is CCN(C)[C@H]1C[C@@H](C)O[C@@H](OC2C(C)C(O[C@@H]3C[C@@](C)(OC)[C@@H](O)[C@H](C)O3)C(C)C(=O)O[C@@H](CCO)[C@@](C)(O)[C@H](O)[C@H](C)C3=C(C)C[C@@]2(C)O3)[C@@H]1O. The van der Waals surface area contributed by atoms with Crippen LogP contribution in [0.1, 0.15) is 94.9 Å². The highest BCUT2D eigenvalue weighted by atomic mass is 16.7. The van der Waals surface area contributed by atoms with Crippen LogP contribution in [0.5, 0.6) is 0 Å². The third-order valence-electron chi connectivity index (χ3n) is 12.4. The number of esters is 1. The zero-order valence-corrected chi connectivity index (χ0v) is 33.3. The van der Waals surface area contributed by atoms with Crippen LogP contribution < -0.4 is 0 Å². The van der Waals surface area contributed by atoms with E-state index < -0.39 is 102 Å². The Hall–Kier alpha value is -1.43. The van der Waals surface area contributed by atoms with Crippen LogP contribution in [0.3, 0.4) is 0 Å². The van der Waals surface area contributed by atoms with E-state index in [0.717, 1.165) is 5.57 Å².